The molecule has 0 saturated heterocycles. The standard InChI is InChI=1S/C13H16N4O3S/c1-9-16-13(17-20-9)8-15-21(18,19)11-5-4-10-3-2-6-14-12(10)7-11/h4-5,7,14-15H,2-3,6,8H2,1H3. The number of nitrogens with one attached hydrogen (secondary N) is 2. The molecule has 0 radical (unpaired) electrons. The van der Waals surface area contributed by atoms with Gasteiger partial charge in [0.05, 0.1) is 11.4 Å². The van der Waals surface area contributed by atoms with Crippen molar-refractivity contribution < 1.29 is 12.9 Å². The number of aromatic nitrogens is 2. The molecule has 0 atom stereocenters. The second kappa shape index (κ2) is 5.45. The Bertz CT molecular complexity index is 755. The minimum atomic E-state index is -3.59. The van der Waals surface area contributed by atoms with E-state index >= 15 is 0 Å². The molecule has 0 unspecified atom stereocenters. The van der Waals surface area contributed by atoms with Crippen molar-refractivity contribution in [3.05, 3.63) is 35.5 Å². The highest BCUT2D eigenvalue weighted by Crippen LogP contribution is 2.25. The van der Waals surface area contributed by atoms with Gasteiger partial charge in [0.25, 0.3) is 0 Å². The zero-order chi connectivity index (χ0) is 14.9. The van der Waals surface area contributed by atoms with E-state index in [0.717, 1.165) is 30.6 Å². The molecule has 0 aliphatic carbocycles. The smallest absolute Gasteiger partial charge is 0.241 e. The van der Waals surface area contributed by atoms with E-state index in [9.17, 15) is 8.42 Å². The van der Waals surface area contributed by atoms with Gasteiger partial charge in [-0.2, -0.15) is 4.98 Å². The van der Waals surface area contributed by atoms with Gasteiger partial charge in [-0.05, 0) is 30.5 Å². The van der Waals surface area contributed by atoms with Crippen molar-refractivity contribution in [2.45, 2.75) is 31.2 Å². The summed E-state index contributed by atoms with van der Waals surface area (Å²) in [6.45, 7) is 2.52. The largest absolute Gasteiger partial charge is 0.385 e. The van der Waals surface area contributed by atoms with Crippen molar-refractivity contribution >= 4 is 15.7 Å². The third-order valence-corrected chi connectivity index (χ3v) is 4.72. The number of hydrogen-bond acceptors (Lipinski definition) is 6. The van der Waals surface area contributed by atoms with E-state index in [-0.39, 0.29) is 11.4 Å². The lowest BCUT2D eigenvalue weighted by atomic mass is 10.0. The Morgan fingerprint density at radius 1 is 1.43 bits per heavy atom. The quantitative estimate of drug-likeness (QED) is 0.881. The van der Waals surface area contributed by atoms with E-state index < -0.39 is 10.0 Å². The Morgan fingerprint density at radius 2 is 2.29 bits per heavy atom. The van der Waals surface area contributed by atoms with Gasteiger partial charge < -0.3 is 9.84 Å². The fourth-order valence-corrected chi connectivity index (χ4v) is 3.27. The van der Waals surface area contributed by atoms with Crippen LogP contribution in [0.5, 0.6) is 0 Å². The minimum Gasteiger partial charge on any atom is -0.385 e. The van der Waals surface area contributed by atoms with E-state index in [0.29, 0.717) is 11.7 Å². The summed E-state index contributed by atoms with van der Waals surface area (Å²) >= 11 is 0. The summed E-state index contributed by atoms with van der Waals surface area (Å²) in [6.07, 6.45) is 2.03. The number of sulfonamides is 1. The maximum atomic E-state index is 12.3. The molecule has 0 fully saturated rings. The number of hydrogen-bond donors (Lipinski definition) is 2. The van der Waals surface area contributed by atoms with Gasteiger partial charge in [-0.3, -0.25) is 0 Å². The van der Waals surface area contributed by atoms with Gasteiger partial charge >= 0.3 is 0 Å². The number of aryl methyl sites for hydroxylation is 2. The molecule has 1 aromatic heterocycles. The Labute approximate surface area is 122 Å². The second-order valence-electron chi connectivity index (χ2n) is 4.90. The topological polar surface area (TPSA) is 97.1 Å². The van der Waals surface area contributed by atoms with Crippen LogP contribution in [0.3, 0.4) is 0 Å². The average molecular weight is 308 g/mol. The highest BCUT2D eigenvalue weighted by molar-refractivity contribution is 7.89. The molecule has 0 spiro atoms. The molecule has 1 aromatic carbocycles. The van der Waals surface area contributed by atoms with Gasteiger partial charge in [0.15, 0.2) is 5.82 Å². The van der Waals surface area contributed by atoms with Crippen LogP contribution in [0.15, 0.2) is 27.6 Å². The van der Waals surface area contributed by atoms with Crippen molar-refractivity contribution in [2.24, 2.45) is 0 Å². The third kappa shape index (κ3) is 3.06. The average Bonchev–Trinajstić information content (AvgIpc) is 2.90. The fraction of sp³-hybridized carbons (Fsp3) is 0.385. The monoisotopic (exact) mass is 308 g/mol. The van der Waals surface area contributed by atoms with Gasteiger partial charge in [0.1, 0.15) is 0 Å². The molecule has 8 heteroatoms. The van der Waals surface area contributed by atoms with Gasteiger partial charge in [-0.1, -0.05) is 11.2 Å². The lowest BCUT2D eigenvalue weighted by Crippen LogP contribution is -2.24. The van der Waals surface area contributed by atoms with E-state index in [2.05, 4.69) is 20.2 Å². The van der Waals surface area contributed by atoms with E-state index in [1.807, 2.05) is 6.07 Å². The van der Waals surface area contributed by atoms with Crippen LogP contribution >= 0.6 is 0 Å². The summed E-state index contributed by atoms with van der Waals surface area (Å²) in [5.41, 5.74) is 2.04. The van der Waals surface area contributed by atoms with E-state index in [1.54, 1.807) is 19.1 Å². The SMILES string of the molecule is Cc1nc(CNS(=O)(=O)c2ccc3c(c2)NCCC3)no1. The van der Waals surface area contributed by atoms with Crippen molar-refractivity contribution in [1.29, 1.82) is 0 Å². The summed E-state index contributed by atoms with van der Waals surface area (Å²) in [4.78, 5) is 4.19. The molecule has 1 aliphatic heterocycles. The highest BCUT2D eigenvalue weighted by Gasteiger charge is 2.18. The first kappa shape index (κ1) is 14.0. The molecule has 2 heterocycles. The highest BCUT2D eigenvalue weighted by atomic mass is 32.2. The van der Waals surface area contributed by atoms with Crippen molar-refractivity contribution in [3.63, 3.8) is 0 Å². The van der Waals surface area contributed by atoms with Crippen LogP contribution in [0.25, 0.3) is 0 Å². The molecule has 0 amide bonds. The maximum absolute atomic E-state index is 12.3. The van der Waals surface area contributed by atoms with Gasteiger partial charge in [0, 0.05) is 19.2 Å². The van der Waals surface area contributed by atoms with Crippen LogP contribution in [0.1, 0.15) is 23.7 Å². The number of rotatable bonds is 4. The zero-order valence-electron chi connectivity index (χ0n) is 11.6. The molecule has 7 nitrogen and oxygen atoms in total. The van der Waals surface area contributed by atoms with Crippen LogP contribution in [-0.2, 0) is 23.0 Å². The van der Waals surface area contributed by atoms with Gasteiger partial charge in [-0.25, -0.2) is 13.1 Å². The molecule has 2 aromatic rings. The van der Waals surface area contributed by atoms with Crippen molar-refractivity contribution in [1.82, 2.24) is 14.9 Å². The lowest BCUT2D eigenvalue weighted by Gasteiger charge is -2.18. The summed E-state index contributed by atoms with van der Waals surface area (Å²) in [5, 5.41) is 6.88. The van der Waals surface area contributed by atoms with Crippen molar-refractivity contribution in [3.8, 4) is 0 Å². The minimum absolute atomic E-state index is 0.00415. The van der Waals surface area contributed by atoms with Crippen LogP contribution in [-0.4, -0.2) is 25.1 Å². The number of benzene rings is 1. The first-order valence-corrected chi connectivity index (χ1v) is 8.18. The maximum Gasteiger partial charge on any atom is 0.241 e. The van der Waals surface area contributed by atoms with Crippen molar-refractivity contribution in [2.75, 3.05) is 11.9 Å². The van der Waals surface area contributed by atoms with Crippen LogP contribution < -0.4 is 10.0 Å². The van der Waals surface area contributed by atoms with Gasteiger partial charge in [-0.15, -0.1) is 0 Å². The van der Waals surface area contributed by atoms with E-state index in [4.69, 9.17) is 4.52 Å². The Morgan fingerprint density at radius 3 is 3.05 bits per heavy atom. The lowest BCUT2D eigenvalue weighted by molar-refractivity contribution is 0.387. The number of fused-ring (bicyclic) bond motifs is 1. The summed E-state index contributed by atoms with van der Waals surface area (Å²) in [5.74, 6) is 0.717. The molecule has 0 bridgehead atoms. The number of nitrogens with zero attached hydrogens (tertiary/aromatic N) is 2. The first-order chi connectivity index (χ1) is 10.0. The summed E-state index contributed by atoms with van der Waals surface area (Å²) in [6, 6.07) is 5.14. The molecule has 0 saturated carbocycles. The predicted octanol–water partition coefficient (Wildman–Crippen LogP) is 1.21. The molecule has 1 aliphatic rings. The predicted molar refractivity (Wildman–Crippen MR) is 76.3 cm³/mol. The molecule has 21 heavy (non-hydrogen) atoms. The normalized spacial score (nSPS) is 14.5. The Balaban J connectivity index is 1.78. The fourth-order valence-electron chi connectivity index (χ4n) is 2.26. The first-order valence-electron chi connectivity index (χ1n) is 6.70. The molecule has 3 rings (SSSR count). The summed E-state index contributed by atoms with van der Waals surface area (Å²) < 4.78 is 31.8. The molecular weight excluding hydrogens is 292 g/mol. The number of anilines is 1. The molecule has 2 N–H and O–H groups in total. The molecule has 112 valence electrons. The van der Waals surface area contributed by atoms with Gasteiger partial charge in [0.2, 0.25) is 15.9 Å². The third-order valence-electron chi connectivity index (χ3n) is 3.32. The Kier molecular flexibility index (Phi) is 3.64. The molecular formula is C13H16N4O3S. The Hall–Kier alpha value is -1.93. The second-order valence-corrected chi connectivity index (χ2v) is 6.67. The van der Waals surface area contributed by atoms with Crippen LogP contribution in [0.4, 0.5) is 5.69 Å². The van der Waals surface area contributed by atoms with Crippen LogP contribution in [0, 0.1) is 6.92 Å². The zero-order valence-corrected chi connectivity index (χ0v) is 12.4. The summed E-state index contributed by atoms with van der Waals surface area (Å²) in [7, 11) is -3.59. The van der Waals surface area contributed by atoms with Crippen LogP contribution in [0.2, 0.25) is 0 Å². The van der Waals surface area contributed by atoms with E-state index in [1.165, 1.54) is 0 Å².